The number of rotatable bonds is 4. The molecule has 3 rings (SSSR count). The molecule has 1 aliphatic rings. The predicted octanol–water partition coefficient (Wildman–Crippen LogP) is 2.89. The summed E-state index contributed by atoms with van der Waals surface area (Å²) in [6.07, 6.45) is 3.92. The normalized spacial score (nSPS) is 19.1. The summed E-state index contributed by atoms with van der Waals surface area (Å²) >= 11 is 0. The number of nitrogens with zero attached hydrogens (tertiary/aromatic N) is 2. The third-order valence-electron chi connectivity index (χ3n) is 4.53. The lowest BCUT2D eigenvalue weighted by Gasteiger charge is -2.37. The van der Waals surface area contributed by atoms with Crippen LogP contribution in [0.3, 0.4) is 0 Å². The summed E-state index contributed by atoms with van der Waals surface area (Å²) in [5.74, 6) is -0.179. The van der Waals surface area contributed by atoms with Crippen molar-refractivity contribution in [3.05, 3.63) is 65.7 Å². The Kier molecular flexibility index (Phi) is 5.20. The van der Waals surface area contributed by atoms with E-state index in [2.05, 4.69) is 10.3 Å². The lowest BCUT2D eigenvalue weighted by molar-refractivity contribution is -0.134. The number of halogens is 1. The number of pyridine rings is 1. The van der Waals surface area contributed by atoms with Crippen LogP contribution in [0.2, 0.25) is 0 Å². The van der Waals surface area contributed by atoms with Gasteiger partial charge in [0.05, 0.1) is 6.04 Å². The molecule has 2 unspecified atom stereocenters. The second kappa shape index (κ2) is 7.53. The van der Waals surface area contributed by atoms with Gasteiger partial charge in [0, 0.05) is 38.4 Å². The first-order valence-corrected chi connectivity index (χ1v) is 8.30. The molecule has 1 N–H and O–H groups in total. The van der Waals surface area contributed by atoms with Crippen molar-refractivity contribution in [2.45, 2.75) is 25.3 Å². The summed E-state index contributed by atoms with van der Waals surface area (Å²) < 4.78 is 13.4. The zero-order chi connectivity index (χ0) is 16.9. The van der Waals surface area contributed by atoms with Crippen LogP contribution in [0.25, 0.3) is 0 Å². The van der Waals surface area contributed by atoms with Crippen molar-refractivity contribution in [1.82, 2.24) is 15.2 Å². The van der Waals surface area contributed by atoms with Gasteiger partial charge in [-0.2, -0.15) is 0 Å². The number of carbonyl (C=O) groups excluding carboxylic acids is 1. The number of aromatic nitrogens is 1. The zero-order valence-electron chi connectivity index (χ0n) is 13.8. The van der Waals surface area contributed by atoms with Crippen molar-refractivity contribution in [3.8, 4) is 0 Å². The Labute approximate surface area is 141 Å². The fourth-order valence-electron chi connectivity index (χ4n) is 3.18. The second-order valence-corrected chi connectivity index (χ2v) is 6.25. The van der Waals surface area contributed by atoms with Crippen LogP contribution in [0.1, 0.15) is 36.4 Å². The van der Waals surface area contributed by atoms with Crippen molar-refractivity contribution in [2.24, 2.45) is 0 Å². The third-order valence-corrected chi connectivity index (χ3v) is 4.53. The van der Waals surface area contributed by atoms with E-state index in [0.29, 0.717) is 13.0 Å². The maximum atomic E-state index is 13.4. The van der Waals surface area contributed by atoms with E-state index in [4.69, 9.17) is 0 Å². The molecule has 126 valence electrons. The van der Waals surface area contributed by atoms with Crippen LogP contribution >= 0.6 is 0 Å². The molecule has 1 aromatic carbocycles. The number of hydrogen-bond acceptors (Lipinski definition) is 3. The summed E-state index contributed by atoms with van der Waals surface area (Å²) in [6, 6.07) is 10.4. The molecule has 1 aliphatic heterocycles. The molecule has 4 nitrogen and oxygen atoms in total. The Morgan fingerprint density at radius 3 is 3.04 bits per heavy atom. The van der Waals surface area contributed by atoms with Gasteiger partial charge in [0.2, 0.25) is 5.91 Å². The molecule has 0 saturated carbocycles. The SMILES string of the molecule is CC(CC(=O)N1CCNCC1c1cccnc1)c1cccc(F)c1. The van der Waals surface area contributed by atoms with Gasteiger partial charge < -0.3 is 10.2 Å². The first kappa shape index (κ1) is 16.6. The molecule has 5 heteroatoms. The van der Waals surface area contributed by atoms with Gasteiger partial charge in [-0.3, -0.25) is 9.78 Å². The number of hydrogen-bond donors (Lipinski definition) is 1. The van der Waals surface area contributed by atoms with E-state index < -0.39 is 0 Å². The van der Waals surface area contributed by atoms with Crippen molar-refractivity contribution in [3.63, 3.8) is 0 Å². The largest absolute Gasteiger partial charge is 0.333 e. The van der Waals surface area contributed by atoms with Crippen LogP contribution in [0.15, 0.2) is 48.8 Å². The van der Waals surface area contributed by atoms with Gasteiger partial charge in [-0.25, -0.2) is 4.39 Å². The summed E-state index contributed by atoms with van der Waals surface area (Å²) in [4.78, 5) is 18.9. The molecule has 1 fully saturated rings. The fourth-order valence-corrected chi connectivity index (χ4v) is 3.18. The average molecular weight is 327 g/mol. The lowest BCUT2D eigenvalue weighted by atomic mass is 9.96. The van der Waals surface area contributed by atoms with Crippen molar-refractivity contribution in [2.75, 3.05) is 19.6 Å². The monoisotopic (exact) mass is 327 g/mol. The smallest absolute Gasteiger partial charge is 0.223 e. The number of piperazine rings is 1. The molecule has 1 amide bonds. The molecule has 1 saturated heterocycles. The molecule has 0 spiro atoms. The molecule has 0 radical (unpaired) electrons. The highest BCUT2D eigenvalue weighted by atomic mass is 19.1. The number of amides is 1. The molecule has 2 aromatic rings. The van der Waals surface area contributed by atoms with Crippen molar-refractivity contribution >= 4 is 5.91 Å². The quantitative estimate of drug-likeness (QED) is 0.939. The highest BCUT2D eigenvalue weighted by Crippen LogP contribution is 2.26. The van der Waals surface area contributed by atoms with E-state index in [-0.39, 0.29) is 23.7 Å². The maximum absolute atomic E-state index is 13.4. The zero-order valence-corrected chi connectivity index (χ0v) is 13.8. The fraction of sp³-hybridized carbons (Fsp3) is 0.368. The first-order chi connectivity index (χ1) is 11.6. The van der Waals surface area contributed by atoms with E-state index in [1.54, 1.807) is 12.3 Å². The molecule has 2 atom stereocenters. The van der Waals surface area contributed by atoms with Gasteiger partial charge in [-0.1, -0.05) is 25.1 Å². The predicted molar refractivity (Wildman–Crippen MR) is 91.0 cm³/mol. The number of carbonyl (C=O) groups is 1. The number of benzene rings is 1. The van der Waals surface area contributed by atoms with Gasteiger partial charge >= 0.3 is 0 Å². The summed E-state index contributed by atoms with van der Waals surface area (Å²) in [5, 5.41) is 3.34. The van der Waals surface area contributed by atoms with Crippen molar-refractivity contribution in [1.29, 1.82) is 0 Å². The highest BCUT2D eigenvalue weighted by Gasteiger charge is 2.28. The summed E-state index contributed by atoms with van der Waals surface area (Å²) in [7, 11) is 0. The Morgan fingerprint density at radius 1 is 1.42 bits per heavy atom. The summed E-state index contributed by atoms with van der Waals surface area (Å²) in [6.45, 7) is 4.16. The van der Waals surface area contributed by atoms with E-state index in [1.807, 2.05) is 36.2 Å². The van der Waals surface area contributed by atoms with Gasteiger partial charge in [0.25, 0.3) is 0 Å². The van der Waals surface area contributed by atoms with Gasteiger partial charge in [0.15, 0.2) is 0 Å². The standard InChI is InChI=1S/C19H22FN3O/c1-14(15-4-2-6-17(20)11-15)10-19(24)23-9-8-22-13-18(23)16-5-3-7-21-12-16/h2-7,11-12,14,18,22H,8-10,13H2,1H3. The van der Waals surface area contributed by atoms with E-state index in [1.165, 1.54) is 12.1 Å². The minimum absolute atomic E-state index is 0.000315. The van der Waals surface area contributed by atoms with Gasteiger partial charge in [-0.15, -0.1) is 0 Å². The van der Waals surface area contributed by atoms with E-state index >= 15 is 0 Å². The highest BCUT2D eigenvalue weighted by molar-refractivity contribution is 5.77. The maximum Gasteiger partial charge on any atom is 0.223 e. The third kappa shape index (κ3) is 3.79. The first-order valence-electron chi connectivity index (χ1n) is 8.30. The molecule has 0 aliphatic carbocycles. The van der Waals surface area contributed by atoms with Crippen LogP contribution in [-0.4, -0.2) is 35.4 Å². The Hall–Kier alpha value is -2.27. The van der Waals surface area contributed by atoms with Crippen LogP contribution in [-0.2, 0) is 4.79 Å². The van der Waals surface area contributed by atoms with Crippen LogP contribution in [0, 0.1) is 5.82 Å². The average Bonchev–Trinajstić information content (AvgIpc) is 2.62. The Morgan fingerprint density at radius 2 is 2.29 bits per heavy atom. The summed E-state index contributed by atoms with van der Waals surface area (Å²) in [5.41, 5.74) is 1.90. The number of nitrogens with one attached hydrogen (secondary N) is 1. The van der Waals surface area contributed by atoms with Crippen LogP contribution in [0.4, 0.5) is 4.39 Å². The minimum Gasteiger partial charge on any atom is -0.333 e. The second-order valence-electron chi connectivity index (χ2n) is 6.25. The molecular formula is C19H22FN3O. The van der Waals surface area contributed by atoms with Gasteiger partial charge in [-0.05, 0) is 35.2 Å². The molecule has 24 heavy (non-hydrogen) atoms. The van der Waals surface area contributed by atoms with Crippen molar-refractivity contribution < 1.29 is 9.18 Å². The molecule has 2 heterocycles. The molecule has 0 bridgehead atoms. The van der Waals surface area contributed by atoms with Gasteiger partial charge in [0.1, 0.15) is 5.82 Å². The van der Waals surface area contributed by atoms with E-state index in [9.17, 15) is 9.18 Å². The van der Waals surface area contributed by atoms with E-state index in [0.717, 1.165) is 24.2 Å². The Bertz CT molecular complexity index is 692. The van der Waals surface area contributed by atoms with Crippen LogP contribution in [0.5, 0.6) is 0 Å². The van der Waals surface area contributed by atoms with Crippen LogP contribution < -0.4 is 5.32 Å². The molecular weight excluding hydrogens is 305 g/mol. The minimum atomic E-state index is -0.262. The Balaban J connectivity index is 1.72. The topological polar surface area (TPSA) is 45.2 Å². The molecule has 1 aromatic heterocycles. The lowest BCUT2D eigenvalue weighted by Crippen LogP contribution is -2.48.